The number of benzene rings is 2. The van der Waals surface area contributed by atoms with Crippen molar-refractivity contribution in [2.24, 2.45) is 14.1 Å². The zero-order valence-electron chi connectivity index (χ0n) is 20.2. The van der Waals surface area contributed by atoms with Crippen LogP contribution in [0.15, 0.2) is 67.1 Å². The number of hydrogen-bond donors (Lipinski definition) is 1. The normalized spacial score (nSPS) is 11.2. The molecule has 0 aliphatic heterocycles. The highest BCUT2D eigenvalue weighted by Gasteiger charge is 2.18. The van der Waals surface area contributed by atoms with Crippen LogP contribution >= 0.6 is 0 Å². The van der Waals surface area contributed by atoms with E-state index >= 15 is 0 Å². The number of nitrogens with zero attached hydrogens (tertiary/aromatic N) is 4. The molecule has 182 valence electrons. The van der Waals surface area contributed by atoms with Crippen LogP contribution in [-0.4, -0.2) is 25.2 Å². The molecule has 0 aliphatic carbocycles. The Hall–Kier alpha value is -4.33. The minimum absolute atomic E-state index is 0.0280. The third-order valence-electron chi connectivity index (χ3n) is 6.49. The Labute approximate surface area is 207 Å². The maximum Gasteiger partial charge on any atom is 0.251 e. The van der Waals surface area contributed by atoms with E-state index in [1.54, 1.807) is 18.5 Å². The molecule has 6 nitrogen and oxygen atoms in total. The highest BCUT2D eigenvalue weighted by Crippen LogP contribution is 2.33. The average Bonchev–Trinajstić information content (AvgIpc) is 3.41. The second-order valence-electron chi connectivity index (χ2n) is 8.89. The summed E-state index contributed by atoms with van der Waals surface area (Å²) < 4.78 is 30.8. The molecular weight excluding hydrogens is 460 g/mol. The molecule has 0 spiro atoms. The van der Waals surface area contributed by atoms with Gasteiger partial charge in [0, 0.05) is 61.8 Å². The number of aromatic nitrogens is 4. The van der Waals surface area contributed by atoms with Crippen molar-refractivity contribution in [2.75, 3.05) is 0 Å². The van der Waals surface area contributed by atoms with E-state index in [0.717, 1.165) is 45.0 Å². The summed E-state index contributed by atoms with van der Waals surface area (Å²) in [6.45, 7) is 1.94. The summed E-state index contributed by atoms with van der Waals surface area (Å²) in [5.74, 6) is -1.64. The maximum atomic E-state index is 13.5. The molecule has 0 saturated heterocycles. The number of halogens is 2. The Balaban J connectivity index is 1.45. The minimum atomic E-state index is -0.674. The Morgan fingerprint density at radius 3 is 2.50 bits per heavy atom. The van der Waals surface area contributed by atoms with Crippen molar-refractivity contribution in [1.82, 2.24) is 24.6 Å². The molecule has 0 atom stereocenters. The van der Waals surface area contributed by atoms with Crippen LogP contribution in [0, 0.1) is 18.6 Å². The number of amides is 1. The van der Waals surface area contributed by atoms with Crippen LogP contribution in [0.1, 0.15) is 32.6 Å². The molecule has 0 saturated carbocycles. The fourth-order valence-electron chi connectivity index (χ4n) is 4.67. The number of carbonyl (C=O) groups excluding carboxylic acids is 1. The molecule has 5 rings (SSSR count). The van der Waals surface area contributed by atoms with Gasteiger partial charge in [-0.2, -0.15) is 5.10 Å². The molecule has 5 aromatic rings. The molecule has 0 bridgehead atoms. The lowest BCUT2D eigenvalue weighted by atomic mass is 9.94. The second-order valence-corrected chi connectivity index (χ2v) is 8.89. The van der Waals surface area contributed by atoms with Crippen molar-refractivity contribution < 1.29 is 13.6 Å². The van der Waals surface area contributed by atoms with Crippen molar-refractivity contribution in [2.45, 2.75) is 19.9 Å². The number of hydrogen-bond acceptors (Lipinski definition) is 3. The van der Waals surface area contributed by atoms with Gasteiger partial charge in [0.05, 0.1) is 5.69 Å². The van der Waals surface area contributed by atoms with Crippen molar-refractivity contribution in [3.63, 3.8) is 0 Å². The summed E-state index contributed by atoms with van der Waals surface area (Å²) in [6, 6.07) is 12.8. The molecule has 3 heterocycles. The maximum absolute atomic E-state index is 13.5. The third-order valence-corrected chi connectivity index (χ3v) is 6.49. The highest BCUT2D eigenvalue weighted by atomic mass is 19.1. The minimum Gasteiger partial charge on any atom is -0.348 e. The molecule has 36 heavy (non-hydrogen) atoms. The Morgan fingerprint density at radius 1 is 1.00 bits per heavy atom. The van der Waals surface area contributed by atoms with E-state index in [-0.39, 0.29) is 12.5 Å². The van der Waals surface area contributed by atoms with Crippen LogP contribution in [-0.2, 0) is 27.1 Å². The standard InChI is InChI=1S/C28H25F2N5O/c1-17-19(5-4-6-23(17)28(36)32-15-18-11-21(29)14-22(30)12-18)13-20-7-9-31-27-26(20)24(16-34(27)2)25-8-10-33-35(25)3/h4-12,14,16H,13,15H2,1-3H3,(H,32,36). The first-order chi connectivity index (χ1) is 17.3. The van der Waals surface area contributed by atoms with Crippen molar-refractivity contribution in [3.8, 4) is 11.3 Å². The lowest BCUT2D eigenvalue weighted by Gasteiger charge is -2.13. The first-order valence-corrected chi connectivity index (χ1v) is 11.5. The van der Waals surface area contributed by atoms with E-state index in [0.29, 0.717) is 17.5 Å². The molecule has 0 fully saturated rings. The van der Waals surface area contributed by atoms with Gasteiger partial charge >= 0.3 is 0 Å². The van der Waals surface area contributed by atoms with E-state index in [4.69, 9.17) is 0 Å². The molecule has 0 radical (unpaired) electrons. The summed E-state index contributed by atoms with van der Waals surface area (Å²) >= 11 is 0. The van der Waals surface area contributed by atoms with Crippen LogP contribution in [0.25, 0.3) is 22.3 Å². The number of aryl methyl sites for hydroxylation is 2. The summed E-state index contributed by atoms with van der Waals surface area (Å²) in [6.07, 6.45) is 6.24. The van der Waals surface area contributed by atoms with E-state index in [1.165, 1.54) is 12.1 Å². The second kappa shape index (κ2) is 9.37. The highest BCUT2D eigenvalue weighted by molar-refractivity contribution is 5.97. The van der Waals surface area contributed by atoms with Crippen LogP contribution in [0.5, 0.6) is 0 Å². The summed E-state index contributed by atoms with van der Waals surface area (Å²) in [7, 11) is 3.88. The smallest absolute Gasteiger partial charge is 0.251 e. The summed E-state index contributed by atoms with van der Waals surface area (Å²) in [5, 5.41) is 8.14. The fourth-order valence-corrected chi connectivity index (χ4v) is 4.67. The number of nitrogens with one attached hydrogen (secondary N) is 1. The summed E-state index contributed by atoms with van der Waals surface area (Å²) in [4.78, 5) is 17.5. The van der Waals surface area contributed by atoms with Crippen molar-refractivity contribution >= 4 is 16.9 Å². The van der Waals surface area contributed by atoms with Crippen molar-refractivity contribution in [1.29, 1.82) is 0 Å². The van der Waals surface area contributed by atoms with Gasteiger partial charge in [-0.15, -0.1) is 0 Å². The van der Waals surface area contributed by atoms with Gasteiger partial charge in [0.25, 0.3) is 5.91 Å². The van der Waals surface area contributed by atoms with Crippen LogP contribution in [0.4, 0.5) is 8.78 Å². The lowest BCUT2D eigenvalue weighted by molar-refractivity contribution is 0.0950. The van der Waals surface area contributed by atoms with Gasteiger partial charge in [-0.25, -0.2) is 13.8 Å². The van der Waals surface area contributed by atoms with Gasteiger partial charge < -0.3 is 9.88 Å². The van der Waals surface area contributed by atoms with E-state index in [2.05, 4.69) is 21.6 Å². The van der Waals surface area contributed by atoms with Crippen LogP contribution < -0.4 is 5.32 Å². The lowest BCUT2D eigenvalue weighted by Crippen LogP contribution is -2.24. The van der Waals surface area contributed by atoms with Gasteiger partial charge in [-0.1, -0.05) is 12.1 Å². The molecule has 1 amide bonds. The average molecular weight is 486 g/mol. The van der Waals surface area contributed by atoms with E-state index in [1.807, 2.05) is 54.5 Å². The number of pyridine rings is 1. The zero-order valence-corrected chi connectivity index (χ0v) is 20.2. The first kappa shape index (κ1) is 23.4. The molecule has 1 N–H and O–H groups in total. The van der Waals surface area contributed by atoms with Crippen LogP contribution in [0.3, 0.4) is 0 Å². The predicted molar refractivity (Wildman–Crippen MR) is 134 cm³/mol. The quantitative estimate of drug-likeness (QED) is 0.365. The molecule has 0 unspecified atom stereocenters. The predicted octanol–water partition coefficient (Wildman–Crippen LogP) is 5.08. The Morgan fingerprint density at radius 2 is 1.78 bits per heavy atom. The molecule has 3 aromatic heterocycles. The van der Waals surface area contributed by atoms with Crippen molar-refractivity contribution in [3.05, 3.63) is 107 Å². The monoisotopic (exact) mass is 485 g/mol. The topological polar surface area (TPSA) is 64.7 Å². The van der Waals surface area contributed by atoms with Gasteiger partial charge in [-0.05, 0) is 65.9 Å². The molecular formula is C28H25F2N5O. The van der Waals surface area contributed by atoms with E-state index < -0.39 is 11.6 Å². The molecule has 2 aromatic carbocycles. The SMILES string of the molecule is Cc1c(Cc2ccnc3c2c(-c2ccnn2C)cn3C)cccc1C(=O)NCc1cc(F)cc(F)c1. The number of rotatable bonds is 6. The van der Waals surface area contributed by atoms with Crippen LogP contribution in [0.2, 0.25) is 0 Å². The first-order valence-electron chi connectivity index (χ1n) is 11.5. The summed E-state index contributed by atoms with van der Waals surface area (Å²) in [5.41, 5.74) is 6.74. The van der Waals surface area contributed by atoms with Gasteiger partial charge in [0.15, 0.2) is 0 Å². The van der Waals surface area contributed by atoms with Gasteiger partial charge in [0.2, 0.25) is 0 Å². The third kappa shape index (κ3) is 4.37. The Kier molecular flexibility index (Phi) is 6.10. The molecule has 8 heteroatoms. The zero-order chi connectivity index (χ0) is 25.4. The van der Waals surface area contributed by atoms with E-state index in [9.17, 15) is 13.6 Å². The Bertz CT molecular complexity index is 1580. The van der Waals surface area contributed by atoms with Gasteiger partial charge in [-0.3, -0.25) is 9.48 Å². The molecule has 0 aliphatic rings. The van der Waals surface area contributed by atoms with Gasteiger partial charge in [0.1, 0.15) is 17.3 Å². The number of carbonyl (C=O) groups is 1. The fraction of sp³-hybridized carbons (Fsp3) is 0.179. The largest absolute Gasteiger partial charge is 0.348 e. The number of fused-ring (bicyclic) bond motifs is 1.